The Kier molecular flexibility index (Phi) is 7.30. The summed E-state index contributed by atoms with van der Waals surface area (Å²) in [6.07, 6.45) is 0. The first kappa shape index (κ1) is 18.2. The van der Waals surface area contributed by atoms with Crippen molar-refractivity contribution in [2.75, 3.05) is 24.7 Å². The molecule has 0 heterocycles. The second kappa shape index (κ2) is 9.23. The van der Waals surface area contributed by atoms with Crippen LogP contribution in [0.25, 0.3) is 0 Å². The zero-order valence-corrected chi connectivity index (χ0v) is 15.6. The zero-order valence-electron chi connectivity index (χ0n) is 12.4. The Morgan fingerprint density at radius 3 is 2.57 bits per heavy atom. The van der Waals surface area contributed by atoms with E-state index in [0.717, 1.165) is 23.0 Å². The van der Waals surface area contributed by atoms with Gasteiger partial charge in [0, 0.05) is 27.9 Å². The summed E-state index contributed by atoms with van der Waals surface area (Å²) in [7, 11) is 1.58. The van der Waals surface area contributed by atoms with Gasteiger partial charge in [-0.3, -0.25) is 0 Å². The van der Waals surface area contributed by atoms with Crippen molar-refractivity contribution in [3.63, 3.8) is 0 Å². The van der Waals surface area contributed by atoms with E-state index in [1.165, 1.54) is 4.90 Å². The summed E-state index contributed by atoms with van der Waals surface area (Å²) >= 11 is 18.9. The van der Waals surface area contributed by atoms with E-state index in [-0.39, 0.29) is 0 Å². The average Bonchev–Trinajstić information content (AvgIpc) is 2.53. The van der Waals surface area contributed by atoms with Crippen LogP contribution in [-0.2, 0) is 0 Å². The van der Waals surface area contributed by atoms with Crippen molar-refractivity contribution in [1.29, 1.82) is 0 Å². The molecular weight excluding hydrogens is 371 g/mol. The van der Waals surface area contributed by atoms with Crippen LogP contribution in [0.2, 0.25) is 10.0 Å². The maximum Gasteiger partial charge on any atom is 0.170 e. The number of thioether (sulfide) groups is 1. The lowest BCUT2D eigenvalue weighted by Gasteiger charge is -2.11. The number of hydrogen-bond donors (Lipinski definition) is 2. The minimum absolute atomic E-state index is 0.540. The number of thiocarbonyl (C=S) groups is 1. The molecule has 122 valence electrons. The van der Waals surface area contributed by atoms with Crippen LogP contribution in [-0.4, -0.2) is 24.5 Å². The maximum atomic E-state index is 6.08. The number of hydrogen-bond acceptors (Lipinski definition) is 3. The molecule has 0 spiro atoms. The number of nitrogens with one attached hydrogen (secondary N) is 2. The first-order valence-corrected chi connectivity index (χ1v) is 9.00. The predicted octanol–water partition coefficient (Wildman–Crippen LogP) is 5.08. The molecule has 0 aliphatic carbocycles. The van der Waals surface area contributed by atoms with Gasteiger partial charge in [-0.15, -0.1) is 11.8 Å². The Hall–Kier alpha value is -1.14. The highest BCUT2D eigenvalue weighted by Gasteiger charge is 2.03. The summed E-state index contributed by atoms with van der Waals surface area (Å²) < 4.78 is 5.11. The molecule has 0 aliphatic rings. The van der Waals surface area contributed by atoms with Crippen molar-refractivity contribution in [2.24, 2.45) is 0 Å². The van der Waals surface area contributed by atoms with Gasteiger partial charge in [-0.2, -0.15) is 0 Å². The van der Waals surface area contributed by atoms with Crippen LogP contribution in [0, 0.1) is 0 Å². The van der Waals surface area contributed by atoms with E-state index in [4.69, 9.17) is 40.2 Å². The summed E-state index contributed by atoms with van der Waals surface area (Å²) in [6.45, 7) is 0.753. The van der Waals surface area contributed by atoms with E-state index in [2.05, 4.69) is 10.6 Å². The molecule has 0 bridgehead atoms. The van der Waals surface area contributed by atoms with Crippen LogP contribution in [0.15, 0.2) is 47.4 Å². The van der Waals surface area contributed by atoms with E-state index in [0.29, 0.717) is 15.9 Å². The Morgan fingerprint density at radius 2 is 1.91 bits per heavy atom. The lowest BCUT2D eigenvalue weighted by Crippen LogP contribution is -2.30. The molecule has 0 fully saturated rings. The molecule has 2 N–H and O–H groups in total. The van der Waals surface area contributed by atoms with Crippen molar-refractivity contribution >= 4 is 58.0 Å². The summed E-state index contributed by atoms with van der Waals surface area (Å²) in [5.41, 5.74) is 0.818. The molecule has 0 aromatic heterocycles. The molecule has 0 amide bonds. The van der Waals surface area contributed by atoms with Crippen molar-refractivity contribution in [1.82, 2.24) is 5.32 Å². The topological polar surface area (TPSA) is 33.3 Å². The van der Waals surface area contributed by atoms with E-state index in [9.17, 15) is 0 Å². The highest BCUT2D eigenvalue weighted by molar-refractivity contribution is 7.99. The summed E-state index contributed by atoms with van der Waals surface area (Å²) in [5, 5.41) is 8.10. The monoisotopic (exact) mass is 386 g/mol. The fraction of sp³-hybridized carbons (Fsp3) is 0.188. The van der Waals surface area contributed by atoms with Gasteiger partial charge in [0.1, 0.15) is 5.75 Å². The number of anilines is 1. The van der Waals surface area contributed by atoms with Gasteiger partial charge in [0.2, 0.25) is 0 Å². The van der Waals surface area contributed by atoms with Crippen LogP contribution in [0.4, 0.5) is 5.69 Å². The van der Waals surface area contributed by atoms with E-state index in [1.807, 2.05) is 30.3 Å². The SMILES string of the molecule is COc1ccc(NC(=S)NCCSc2ccc(Cl)cc2)cc1Cl. The number of rotatable bonds is 6. The smallest absolute Gasteiger partial charge is 0.170 e. The third kappa shape index (κ3) is 6.11. The largest absolute Gasteiger partial charge is 0.495 e. The number of halogens is 2. The maximum absolute atomic E-state index is 6.08. The fourth-order valence-corrected chi connectivity index (χ4v) is 3.16. The van der Waals surface area contributed by atoms with Gasteiger partial charge in [0.15, 0.2) is 5.11 Å². The second-order valence-electron chi connectivity index (χ2n) is 4.53. The Morgan fingerprint density at radius 1 is 1.17 bits per heavy atom. The molecular formula is C16H16Cl2N2OS2. The molecule has 23 heavy (non-hydrogen) atoms. The first-order chi connectivity index (χ1) is 11.1. The average molecular weight is 387 g/mol. The molecule has 2 aromatic carbocycles. The van der Waals surface area contributed by atoms with Gasteiger partial charge in [-0.25, -0.2) is 0 Å². The van der Waals surface area contributed by atoms with Gasteiger partial charge >= 0.3 is 0 Å². The first-order valence-electron chi connectivity index (χ1n) is 6.85. The van der Waals surface area contributed by atoms with Crippen molar-refractivity contribution in [3.8, 4) is 5.75 Å². The van der Waals surface area contributed by atoms with Crippen molar-refractivity contribution < 1.29 is 4.74 Å². The Bertz CT molecular complexity index is 666. The number of benzene rings is 2. The zero-order chi connectivity index (χ0) is 16.7. The van der Waals surface area contributed by atoms with Gasteiger partial charge in [-0.05, 0) is 54.7 Å². The second-order valence-corrected chi connectivity index (χ2v) is 6.95. The lowest BCUT2D eigenvalue weighted by atomic mass is 10.3. The highest BCUT2D eigenvalue weighted by Crippen LogP contribution is 2.27. The van der Waals surface area contributed by atoms with E-state index >= 15 is 0 Å². The molecule has 0 radical (unpaired) electrons. The predicted molar refractivity (Wildman–Crippen MR) is 104 cm³/mol. The fourth-order valence-electron chi connectivity index (χ4n) is 1.78. The highest BCUT2D eigenvalue weighted by atomic mass is 35.5. The quantitative estimate of drug-likeness (QED) is 0.410. The number of methoxy groups -OCH3 is 1. The molecule has 0 unspecified atom stereocenters. The van der Waals surface area contributed by atoms with Crippen LogP contribution < -0.4 is 15.4 Å². The number of ether oxygens (including phenoxy) is 1. The molecule has 2 rings (SSSR count). The molecule has 0 saturated carbocycles. The van der Waals surface area contributed by atoms with Gasteiger partial charge in [0.05, 0.1) is 12.1 Å². The normalized spacial score (nSPS) is 10.2. The third-order valence-corrected chi connectivity index (χ3v) is 4.69. The minimum atomic E-state index is 0.540. The Balaban J connectivity index is 1.72. The molecule has 0 saturated heterocycles. The molecule has 3 nitrogen and oxygen atoms in total. The lowest BCUT2D eigenvalue weighted by molar-refractivity contribution is 0.415. The van der Waals surface area contributed by atoms with Gasteiger partial charge in [-0.1, -0.05) is 23.2 Å². The molecule has 7 heteroatoms. The Labute approximate surface area is 155 Å². The molecule has 0 atom stereocenters. The van der Waals surface area contributed by atoms with Crippen LogP contribution in [0.3, 0.4) is 0 Å². The summed E-state index contributed by atoms with van der Waals surface area (Å²) in [6, 6.07) is 13.2. The van der Waals surface area contributed by atoms with Gasteiger partial charge < -0.3 is 15.4 Å². The van der Waals surface area contributed by atoms with Crippen molar-refractivity contribution in [2.45, 2.75) is 4.90 Å². The van der Waals surface area contributed by atoms with Crippen LogP contribution in [0.5, 0.6) is 5.75 Å². The van der Waals surface area contributed by atoms with Crippen LogP contribution >= 0.6 is 47.2 Å². The van der Waals surface area contributed by atoms with E-state index < -0.39 is 0 Å². The van der Waals surface area contributed by atoms with Gasteiger partial charge in [0.25, 0.3) is 0 Å². The summed E-state index contributed by atoms with van der Waals surface area (Å²) in [5.74, 6) is 1.53. The minimum Gasteiger partial charge on any atom is -0.495 e. The van der Waals surface area contributed by atoms with Crippen LogP contribution in [0.1, 0.15) is 0 Å². The van der Waals surface area contributed by atoms with Crippen molar-refractivity contribution in [3.05, 3.63) is 52.5 Å². The molecule has 2 aromatic rings. The van der Waals surface area contributed by atoms with E-state index in [1.54, 1.807) is 31.0 Å². The third-order valence-electron chi connectivity index (χ3n) is 2.88. The summed E-state index contributed by atoms with van der Waals surface area (Å²) in [4.78, 5) is 1.18. The standard InChI is InChI=1S/C16H16Cl2N2OS2/c1-21-15-7-4-12(10-14(15)18)20-16(22)19-8-9-23-13-5-2-11(17)3-6-13/h2-7,10H,8-9H2,1H3,(H2,19,20,22). The molecule has 0 aliphatic heterocycles.